The van der Waals surface area contributed by atoms with Gasteiger partial charge in [0.05, 0.1) is 30.9 Å². The lowest BCUT2D eigenvalue weighted by molar-refractivity contribution is -0.134. The zero-order chi connectivity index (χ0) is 37.9. The summed E-state index contributed by atoms with van der Waals surface area (Å²) in [5.74, 6) is -0.594. The number of fused-ring (bicyclic) bond motifs is 1. The Bertz CT molecular complexity index is 1670. The van der Waals surface area contributed by atoms with Crippen molar-refractivity contribution in [3.05, 3.63) is 18.3 Å². The number of hydrogen-bond donors (Lipinski definition) is 6. The molecule has 0 amide bonds. The van der Waals surface area contributed by atoms with Crippen molar-refractivity contribution < 1.29 is 75.7 Å². The third-order valence-corrected chi connectivity index (χ3v) is 10.2. The lowest BCUT2D eigenvalue weighted by atomic mass is 9.84. The number of aliphatic hydroxyl groups excluding tert-OH is 2. The maximum absolute atomic E-state index is 12.7. The number of phosphoric ester groups is 3. The number of oxime groups is 1. The molecule has 0 bridgehead atoms. The first-order valence-electron chi connectivity index (χ1n) is 15.1. The lowest BCUT2D eigenvalue weighted by Crippen LogP contribution is -2.39. The van der Waals surface area contributed by atoms with Crippen LogP contribution in [0.2, 0.25) is 0 Å². The van der Waals surface area contributed by atoms with Crippen LogP contribution < -0.4 is 0 Å². The Morgan fingerprint density at radius 1 is 1.04 bits per heavy atom. The third-order valence-electron chi connectivity index (χ3n) is 7.07. The van der Waals surface area contributed by atoms with E-state index in [1.807, 2.05) is 20.8 Å². The SMILES string of the molecule is C/C(CCCC(=O)C(O)C(C)(C)COP(=O)(O)OP(=O)(O)OCC1OC(n2cnc3c(C)ncnc32)C(O)C1OP(=O)(O)O)=N\OC(C)(C)C. The molecular formula is C26H44N5O16P3. The molecule has 0 spiro atoms. The van der Waals surface area contributed by atoms with E-state index in [9.17, 15) is 48.3 Å². The van der Waals surface area contributed by atoms with Crippen LogP contribution in [0.5, 0.6) is 0 Å². The Morgan fingerprint density at radius 3 is 2.30 bits per heavy atom. The molecule has 2 aromatic heterocycles. The fourth-order valence-electron chi connectivity index (χ4n) is 4.55. The number of phosphoric acid groups is 3. The highest BCUT2D eigenvalue weighted by atomic mass is 31.3. The minimum absolute atomic E-state index is 0.0596. The molecule has 1 aliphatic heterocycles. The molecule has 0 aromatic carbocycles. The highest BCUT2D eigenvalue weighted by Crippen LogP contribution is 2.61. The predicted molar refractivity (Wildman–Crippen MR) is 172 cm³/mol. The van der Waals surface area contributed by atoms with E-state index in [1.165, 1.54) is 31.1 Å². The van der Waals surface area contributed by atoms with Crippen molar-refractivity contribution in [3.63, 3.8) is 0 Å². The minimum Gasteiger partial charge on any atom is -0.390 e. The number of aromatic nitrogens is 4. The number of ether oxygens (including phenoxy) is 1. The minimum atomic E-state index is -5.50. The van der Waals surface area contributed by atoms with Gasteiger partial charge in [0.15, 0.2) is 17.7 Å². The molecule has 7 unspecified atom stereocenters. The molecule has 24 heteroatoms. The third kappa shape index (κ3) is 12.3. The van der Waals surface area contributed by atoms with Crippen LogP contribution in [-0.2, 0) is 45.9 Å². The fourth-order valence-corrected chi connectivity index (χ4v) is 7.38. The number of carbonyl (C=O) groups is 1. The van der Waals surface area contributed by atoms with Gasteiger partial charge in [0.2, 0.25) is 0 Å². The monoisotopic (exact) mass is 775 g/mol. The molecule has 50 heavy (non-hydrogen) atoms. The van der Waals surface area contributed by atoms with Gasteiger partial charge in [-0.15, -0.1) is 0 Å². The van der Waals surface area contributed by atoms with Crippen LogP contribution in [0.15, 0.2) is 17.8 Å². The number of aryl methyl sites for hydroxylation is 1. The van der Waals surface area contributed by atoms with Gasteiger partial charge in [-0.25, -0.2) is 28.6 Å². The van der Waals surface area contributed by atoms with Crippen molar-refractivity contribution in [2.45, 2.75) is 104 Å². The Morgan fingerprint density at radius 2 is 1.68 bits per heavy atom. The average Bonchev–Trinajstić information content (AvgIpc) is 3.53. The summed E-state index contributed by atoms with van der Waals surface area (Å²) in [5.41, 5.74) is -0.342. The number of nitrogens with zero attached hydrogens (tertiary/aromatic N) is 5. The summed E-state index contributed by atoms with van der Waals surface area (Å²) in [7, 11) is -16.2. The van der Waals surface area contributed by atoms with E-state index in [4.69, 9.17) is 18.6 Å². The lowest BCUT2D eigenvalue weighted by Gasteiger charge is -2.30. The molecule has 2 aromatic rings. The van der Waals surface area contributed by atoms with Crippen LogP contribution in [0.4, 0.5) is 0 Å². The van der Waals surface area contributed by atoms with Crippen LogP contribution in [0.3, 0.4) is 0 Å². The van der Waals surface area contributed by atoms with Gasteiger partial charge in [-0.3, -0.25) is 22.9 Å². The van der Waals surface area contributed by atoms with Gasteiger partial charge in [0.1, 0.15) is 41.9 Å². The standard InChI is InChI=1S/C26H44N5O16P3/c1-15(30-46-25(3,4)5)9-8-10-17(32)22(34)26(6,7)12-43-50(40,41)47-49(38,39)42-11-18-21(45-48(35,36)37)20(33)24(44-18)31-14-29-19-16(2)27-13-28-23(19)31/h13-14,18,20-22,24,33-34H,8-12H2,1-7H3,(H,38,39)(H,40,41)(H2,35,36,37)/b30-15+. The fraction of sp³-hybridized carbons (Fsp3) is 0.731. The van der Waals surface area contributed by atoms with E-state index in [1.54, 1.807) is 13.8 Å². The number of hydrogen-bond acceptors (Lipinski definition) is 16. The Hall–Kier alpha value is -2.06. The summed E-state index contributed by atoms with van der Waals surface area (Å²) in [6.45, 7) is 9.71. The average molecular weight is 776 g/mol. The summed E-state index contributed by atoms with van der Waals surface area (Å²) < 4.78 is 62.4. The normalized spacial score (nSPS) is 23.8. The van der Waals surface area contributed by atoms with Gasteiger partial charge in [0.25, 0.3) is 0 Å². The molecule has 3 heterocycles. The molecule has 0 saturated carbocycles. The summed E-state index contributed by atoms with van der Waals surface area (Å²) in [4.78, 5) is 69.3. The van der Waals surface area contributed by atoms with E-state index in [0.717, 1.165) is 0 Å². The van der Waals surface area contributed by atoms with Crippen molar-refractivity contribution in [1.82, 2.24) is 19.5 Å². The van der Waals surface area contributed by atoms with Crippen molar-refractivity contribution in [2.24, 2.45) is 10.6 Å². The van der Waals surface area contributed by atoms with Gasteiger partial charge in [0, 0.05) is 11.8 Å². The zero-order valence-corrected chi connectivity index (χ0v) is 31.1. The summed E-state index contributed by atoms with van der Waals surface area (Å²) in [5, 5.41) is 25.5. The summed E-state index contributed by atoms with van der Waals surface area (Å²) in [6, 6.07) is 0. The van der Waals surface area contributed by atoms with Crippen molar-refractivity contribution >= 4 is 46.1 Å². The molecular weight excluding hydrogens is 731 g/mol. The highest BCUT2D eigenvalue weighted by Gasteiger charge is 2.50. The smallest absolute Gasteiger partial charge is 0.390 e. The number of carbonyl (C=O) groups excluding carboxylic acids is 1. The molecule has 1 fully saturated rings. The first kappa shape index (κ1) is 42.4. The van der Waals surface area contributed by atoms with Gasteiger partial charge < -0.3 is 39.4 Å². The van der Waals surface area contributed by atoms with E-state index in [2.05, 4.69) is 28.9 Å². The maximum atomic E-state index is 12.7. The van der Waals surface area contributed by atoms with Crippen LogP contribution in [0, 0.1) is 12.3 Å². The topological polar surface area (TPSA) is 301 Å². The molecule has 1 saturated heterocycles. The Labute approximate surface area is 287 Å². The largest absolute Gasteiger partial charge is 0.481 e. The van der Waals surface area contributed by atoms with E-state index < -0.39 is 84.1 Å². The Kier molecular flexibility index (Phi) is 13.8. The number of Topliss-reactive ketones (excluding diaryl/α,β-unsaturated/α-hetero) is 1. The van der Waals surface area contributed by atoms with Crippen LogP contribution >= 0.6 is 23.5 Å². The predicted octanol–water partition coefficient (Wildman–Crippen LogP) is 2.44. The number of imidazole rings is 1. The number of rotatable bonds is 18. The molecule has 3 rings (SSSR count). The second kappa shape index (κ2) is 16.3. The van der Waals surface area contributed by atoms with Crippen LogP contribution in [0.1, 0.15) is 72.7 Å². The van der Waals surface area contributed by atoms with E-state index >= 15 is 0 Å². The maximum Gasteiger partial charge on any atom is 0.481 e. The second-order valence-corrected chi connectivity index (χ2v) is 17.5. The van der Waals surface area contributed by atoms with Gasteiger partial charge in [-0.1, -0.05) is 19.0 Å². The molecule has 284 valence electrons. The van der Waals surface area contributed by atoms with E-state index in [0.29, 0.717) is 29.8 Å². The molecule has 0 aliphatic carbocycles. The molecule has 0 radical (unpaired) electrons. The quantitative estimate of drug-likeness (QED) is 0.0719. The summed E-state index contributed by atoms with van der Waals surface area (Å²) in [6.07, 6.45) is -5.33. The molecule has 1 aliphatic rings. The van der Waals surface area contributed by atoms with Gasteiger partial charge in [-0.05, 0) is 47.5 Å². The van der Waals surface area contributed by atoms with Crippen LogP contribution in [-0.4, -0.2) is 104 Å². The van der Waals surface area contributed by atoms with Crippen molar-refractivity contribution in [2.75, 3.05) is 13.2 Å². The summed E-state index contributed by atoms with van der Waals surface area (Å²) >= 11 is 0. The molecule has 21 nitrogen and oxygen atoms in total. The van der Waals surface area contributed by atoms with E-state index in [-0.39, 0.29) is 12.1 Å². The second-order valence-electron chi connectivity index (χ2n) is 13.2. The first-order valence-corrected chi connectivity index (χ1v) is 19.6. The molecule has 6 N–H and O–H groups in total. The number of ketones is 1. The van der Waals surface area contributed by atoms with Gasteiger partial charge in [-0.2, -0.15) is 4.31 Å². The van der Waals surface area contributed by atoms with Crippen LogP contribution in [0.25, 0.3) is 11.2 Å². The molecule has 7 atom stereocenters. The Balaban J connectivity index is 1.59. The van der Waals surface area contributed by atoms with Crippen molar-refractivity contribution in [1.29, 1.82) is 0 Å². The van der Waals surface area contributed by atoms with Gasteiger partial charge >= 0.3 is 23.5 Å². The first-order chi connectivity index (χ1) is 22.8. The zero-order valence-electron chi connectivity index (χ0n) is 28.4. The van der Waals surface area contributed by atoms with Crippen molar-refractivity contribution in [3.8, 4) is 0 Å². The number of aliphatic hydroxyl groups is 2. The highest BCUT2D eigenvalue weighted by molar-refractivity contribution is 7.61.